The van der Waals surface area contributed by atoms with Gasteiger partial charge < -0.3 is 5.32 Å². The lowest BCUT2D eigenvalue weighted by Gasteiger charge is -2.30. The summed E-state index contributed by atoms with van der Waals surface area (Å²) in [7, 11) is -3.40. The number of carbonyl (C=O) groups excluding carboxylic acids is 1. The van der Waals surface area contributed by atoms with Gasteiger partial charge in [-0.15, -0.1) is 0 Å². The van der Waals surface area contributed by atoms with Crippen LogP contribution in [-0.2, 0) is 34.3 Å². The minimum Gasteiger partial charge on any atom is -0.352 e. The molecule has 1 aliphatic heterocycles. The van der Waals surface area contributed by atoms with Crippen molar-refractivity contribution in [1.82, 2.24) is 10.2 Å². The predicted molar refractivity (Wildman–Crippen MR) is 121 cm³/mol. The summed E-state index contributed by atoms with van der Waals surface area (Å²) < 4.78 is 25.6. The number of benzene rings is 2. The Bertz CT molecular complexity index is 967. The summed E-state index contributed by atoms with van der Waals surface area (Å²) in [6, 6.07) is 15.2. The van der Waals surface area contributed by atoms with Gasteiger partial charge >= 0.3 is 0 Å². The van der Waals surface area contributed by atoms with Crippen molar-refractivity contribution in [3.63, 3.8) is 0 Å². The summed E-state index contributed by atoms with van der Waals surface area (Å²) in [6.07, 6.45) is 3.69. The van der Waals surface area contributed by atoms with Crippen molar-refractivity contribution >= 4 is 21.6 Å². The lowest BCUT2D eigenvalue weighted by Crippen LogP contribution is -2.33. The fraction of sp³-hybridized carbons (Fsp3) is 0.435. The number of likely N-dealkylation sites (tertiary alicyclic amines) is 1. The van der Waals surface area contributed by atoms with E-state index in [0.29, 0.717) is 17.8 Å². The van der Waals surface area contributed by atoms with Gasteiger partial charge in [0.15, 0.2) is 0 Å². The van der Waals surface area contributed by atoms with Crippen molar-refractivity contribution in [2.24, 2.45) is 5.92 Å². The lowest BCUT2D eigenvalue weighted by molar-refractivity contribution is -0.120. The van der Waals surface area contributed by atoms with Gasteiger partial charge in [-0.1, -0.05) is 49.4 Å². The van der Waals surface area contributed by atoms with Crippen molar-refractivity contribution in [1.29, 1.82) is 0 Å². The van der Waals surface area contributed by atoms with Crippen LogP contribution in [0.5, 0.6) is 0 Å². The molecule has 1 aliphatic rings. The molecule has 1 fully saturated rings. The van der Waals surface area contributed by atoms with Crippen LogP contribution in [0.4, 0.5) is 5.69 Å². The van der Waals surface area contributed by atoms with Crippen LogP contribution >= 0.6 is 0 Å². The minimum absolute atomic E-state index is 0.116. The number of hydrogen-bond donors (Lipinski definition) is 2. The van der Waals surface area contributed by atoms with Gasteiger partial charge in [0.2, 0.25) is 15.9 Å². The van der Waals surface area contributed by atoms with E-state index >= 15 is 0 Å². The Morgan fingerprint density at radius 1 is 1.00 bits per heavy atom. The number of nitrogens with one attached hydrogen (secondary N) is 2. The Hall–Kier alpha value is -2.38. The molecule has 1 heterocycles. The molecule has 1 saturated heterocycles. The third kappa shape index (κ3) is 6.85. The first kappa shape index (κ1) is 22.3. The number of amides is 1. The third-order valence-electron chi connectivity index (χ3n) is 5.53. The zero-order chi connectivity index (χ0) is 21.6. The van der Waals surface area contributed by atoms with Crippen LogP contribution in [0.1, 0.15) is 36.5 Å². The molecule has 1 amide bonds. The Kier molecular flexibility index (Phi) is 7.50. The number of hydrogen-bond acceptors (Lipinski definition) is 4. The average molecular weight is 430 g/mol. The van der Waals surface area contributed by atoms with Crippen LogP contribution < -0.4 is 10.0 Å². The topological polar surface area (TPSA) is 78.5 Å². The van der Waals surface area contributed by atoms with Crippen LogP contribution in [0.25, 0.3) is 0 Å². The highest BCUT2D eigenvalue weighted by atomic mass is 32.2. The molecule has 0 unspecified atom stereocenters. The molecule has 0 saturated carbocycles. The van der Waals surface area contributed by atoms with Gasteiger partial charge in [0.05, 0.1) is 18.4 Å². The van der Waals surface area contributed by atoms with Crippen LogP contribution in [-0.4, -0.2) is 38.6 Å². The molecule has 0 bridgehead atoms. The quantitative estimate of drug-likeness (QED) is 0.676. The Morgan fingerprint density at radius 2 is 1.60 bits per heavy atom. The normalized spacial score (nSPS) is 15.7. The van der Waals surface area contributed by atoms with E-state index in [4.69, 9.17) is 0 Å². The third-order valence-corrected chi connectivity index (χ3v) is 6.12. The highest BCUT2D eigenvalue weighted by Gasteiger charge is 2.17. The van der Waals surface area contributed by atoms with E-state index in [1.54, 1.807) is 24.3 Å². The molecule has 0 aliphatic carbocycles. The maximum atomic E-state index is 12.5. The van der Waals surface area contributed by atoms with Gasteiger partial charge in [-0.25, -0.2) is 8.42 Å². The van der Waals surface area contributed by atoms with Crippen molar-refractivity contribution in [2.75, 3.05) is 24.1 Å². The Labute approximate surface area is 179 Å². The predicted octanol–water partition coefficient (Wildman–Crippen LogP) is 3.15. The highest BCUT2D eigenvalue weighted by molar-refractivity contribution is 7.92. The van der Waals surface area contributed by atoms with Crippen LogP contribution in [0, 0.1) is 5.92 Å². The molecule has 0 radical (unpaired) electrons. The maximum Gasteiger partial charge on any atom is 0.229 e. The first-order chi connectivity index (χ1) is 14.3. The fourth-order valence-electron chi connectivity index (χ4n) is 3.75. The van der Waals surface area contributed by atoms with Crippen molar-refractivity contribution < 1.29 is 13.2 Å². The smallest absolute Gasteiger partial charge is 0.229 e. The molecule has 0 atom stereocenters. The molecule has 30 heavy (non-hydrogen) atoms. The minimum atomic E-state index is -3.40. The zero-order valence-corrected chi connectivity index (χ0v) is 18.5. The summed E-state index contributed by atoms with van der Waals surface area (Å²) in [5.74, 6) is 0.662. The number of nitrogens with zero attached hydrogens (tertiary/aromatic N) is 1. The van der Waals surface area contributed by atoms with E-state index in [1.807, 2.05) is 12.1 Å². The fourth-order valence-corrected chi connectivity index (χ4v) is 4.35. The molecular weight excluding hydrogens is 398 g/mol. The lowest BCUT2D eigenvalue weighted by atomic mass is 9.98. The summed E-state index contributed by atoms with van der Waals surface area (Å²) in [5, 5.41) is 2.99. The zero-order valence-electron chi connectivity index (χ0n) is 17.7. The second-order valence-electron chi connectivity index (χ2n) is 8.21. The van der Waals surface area contributed by atoms with Crippen LogP contribution in [0.2, 0.25) is 0 Å². The summed E-state index contributed by atoms with van der Waals surface area (Å²) >= 11 is 0. The van der Waals surface area contributed by atoms with Gasteiger partial charge in [-0.3, -0.25) is 14.4 Å². The largest absolute Gasteiger partial charge is 0.352 e. The van der Waals surface area contributed by atoms with Crippen molar-refractivity contribution in [2.45, 2.75) is 39.3 Å². The van der Waals surface area contributed by atoms with E-state index in [1.165, 1.54) is 18.4 Å². The van der Waals surface area contributed by atoms with Crippen LogP contribution in [0.15, 0.2) is 48.5 Å². The number of rotatable bonds is 8. The molecule has 162 valence electrons. The number of piperidine rings is 1. The molecule has 2 aromatic rings. The van der Waals surface area contributed by atoms with E-state index in [0.717, 1.165) is 37.4 Å². The van der Waals surface area contributed by atoms with E-state index < -0.39 is 10.0 Å². The first-order valence-electron chi connectivity index (χ1n) is 10.4. The second kappa shape index (κ2) is 10.1. The number of carbonyl (C=O) groups is 1. The molecule has 7 heteroatoms. The average Bonchev–Trinajstić information content (AvgIpc) is 2.69. The molecule has 2 N–H and O–H groups in total. The van der Waals surface area contributed by atoms with Crippen molar-refractivity contribution in [3.8, 4) is 0 Å². The van der Waals surface area contributed by atoms with Crippen LogP contribution in [0.3, 0.4) is 0 Å². The monoisotopic (exact) mass is 429 g/mol. The number of para-hydroxylation sites is 1. The van der Waals surface area contributed by atoms with E-state index in [9.17, 15) is 13.2 Å². The number of anilines is 1. The van der Waals surface area contributed by atoms with Gasteiger partial charge in [0.1, 0.15) is 0 Å². The Morgan fingerprint density at radius 3 is 2.27 bits per heavy atom. The summed E-state index contributed by atoms with van der Waals surface area (Å²) in [5.41, 5.74) is 3.45. The van der Waals surface area contributed by atoms with Gasteiger partial charge in [0, 0.05) is 13.1 Å². The molecule has 0 spiro atoms. The van der Waals surface area contributed by atoms with E-state index in [2.05, 4.69) is 34.0 Å². The summed E-state index contributed by atoms with van der Waals surface area (Å²) in [6.45, 7) is 5.91. The maximum absolute atomic E-state index is 12.5. The molecule has 0 aromatic heterocycles. The van der Waals surface area contributed by atoms with Gasteiger partial charge in [0.25, 0.3) is 0 Å². The first-order valence-corrected chi connectivity index (χ1v) is 12.3. The SMILES string of the molecule is CC1CCN(Cc2ccccc2CNC(=O)Cc2ccccc2NS(C)(=O)=O)CC1. The van der Waals surface area contributed by atoms with Crippen molar-refractivity contribution in [3.05, 3.63) is 65.2 Å². The molecule has 2 aromatic carbocycles. The van der Waals surface area contributed by atoms with E-state index in [-0.39, 0.29) is 12.3 Å². The molecule has 6 nitrogen and oxygen atoms in total. The van der Waals surface area contributed by atoms with Gasteiger partial charge in [-0.2, -0.15) is 0 Å². The molecular formula is C23H31N3O3S. The Balaban J connectivity index is 1.59. The highest BCUT2D eigenvalue weighted by Crippen LogP contribution is 2.20. The standard InChI is InChI=1S/C23H31N3O3S/c1-18-11-13-26(14-12-18)17-21-9-4-3-8-20(21)16-24-23(27)15-19-7-5-6-10-22(19)25-30(2,28)29/h3-10,18,25H,11-17H2,1-2H3,(H,24,27). The van der Waals surface area contributed by atoms with Gasteiger partial charge in [-0.05, 0) is 54.6 Å². The summed E-state index contributed by atoms with van der Waals surface area (Å²) in [4.78, 5) is 15.0. The molecule has 3 rings (SSSR count). The number of sulfonamides is 1. The second-order valence-corrected chi connectivity index (χ2v) is 9.96.